The number of rotatable bonds is 4. The Hall–Kier alpha value is -1.83. The summed E-state index contributed by atoms with van der Waals surface area (Å²) in [5.74, 6) is 0.220. The molecule has 110 valence electrons. The molecule has 8 heteroatoms. The van der Waals surface area contributed by atoms with E-state index in [1.807, 2.05) is 0 Å². The quantitative estimate of drug-likeness (QED) is 0.647. The molecule has 20 heavy (non-hydrogen) atoms. The largest absolute Gasteiger partial charge is 0.382 e. The van der Waals surface area contributed by atoms with E-state index in [1.54, 1.807) is 25.2 Å². The minimum atomic E-state index is -3.05. The molecule has 0 saturated carbocycles. The summed E-state index contributed by atoms with van der Waals surface area (Å²) in [5.41, 5.74) is 0.695. The van der Waals surface area contributed by atoms with Crippen molar-refractivity contribution in [2.75, 3.05) is 29.2 Å². The van der Waals surface area contributed by atoms with Crippen molar-refractivity contribution in [1.82, 2.24) is 0 Å². The van der Waals surface area contributed by atoms with E-state index in [-0.39, 0.29) is 23.2 Å². The number of para-hydroxylation sites is 1. The molecule has 0 radical (unpaired) electrons. The third kappa shape index (κ3) is 3.19. The number of nitrogens with zero attached hydrogens (tertiary/aromatic N) is 1. The van der Waals surface area contributed by atoms with Crippen molar-refractivity contribution in [3.8, 4) is 0 Å². The van der Waals surface area contributed by atoms with E-state index in [9.17, 15) is 18.5 Å². The van der Waals surface area contributed by atoms with Gasteiger partial charge in [-0.25, -0.2) is 8.42 Å². The van der Waals surface area contributed by atoms with Gasteiger partial charge in [0.05, 0.1) is 16.4 Å². The van der Waals surface area contributed by atoms with Crippen LogP contribution in [0.25, 0.3) is 0 Å². The molecule has 1 saturated heterocycles. The molecule has 1 aliphatic rings. The number of hydrogen-bond acceptors (Lipinski definition) is 6. The molecule has 0 aromatic heterocycles. The Kier molecular flexibility index (Phi) is 4.12. The van der Waals surface area contributed by atoms with Crippen LogP contribution in [-0.4, -0.2) is 37.9 Å². The molecule has 0 amide bonds. The van der Waals surface area contributed by atoms with Gasteiger partial charge in [0.25, 0.3) is 0 Å². The summed E-state index contributed by atoms with van der Waals surface area (Å²) < 4.78 is 23.2. The zero-order valence-electron chi connectivity index (χ0n) is 11.1. The molecule has 1 aromatic carbocycles. The van der Waals surface area contributed by atoms with Crippen LogP contribution >= 0.6 is 0 Å². The van der Waals surface area contributed by atoms with Crippen LogP contribution in [0, 0.1) is 10.1 Å². The SMILES string of the molecule is CNc1cccc(NC2CCCS(=O)(=O)C2)c1[N+](=O)[O-]. The van der Waals surface area contributed by atoms with Crippen molar-refractivity contribution < 1.29 is 13.3 Å². The Morgan fingerprint density at radius 1 is 1.35 bits per heavy atom. The lowest BCUT2D eigenvalue weighted by molar-refractivity contribution is -0.383. The smallest absolute Gasteiger partial charge is 0.315 e. The molecule has 1 unspecified atom stereocenters. The first kappa shape index (κ1) is 14.6. The van der Waals surface area contributed by atoms with E-state index in [2.05, 4.69) is 10.6 Å². The number of benzene rings is 1. The van der Waals surface area contributed by atoms with Crippen molar-refractivity contribution >= 4 is 26.9 Å². The molecule has 0 aliphatic carbocycles. The zero-order chi connectivity index (χ0) is 14.8. The molecule has 1 fully saturated rings. The summed E-state index contributed by atoms with van der Waals surface area (Å²) in [6, 6.07) is 4.62. The maximum Gasteiger partial charge on any atom is 0.315 e. The molecule has 2 N–H and O–H groups in total. The molecule has 1 aliphatic heterocycles. The van der Waals surface area contributed by atoms with Gasteiger partial charge in [-0.2, -0.15) is 0 Å². The predicted octanol–water partition coefficient (Wildman–Crippen LogP) is 1.63. The van der Waals surface area contributed by atoms with E-state index in [4.69, 9.17) is 0 Å². The summed E-state index contributed by atoms with van der Waals surface area (Å²) in [4.78, 5) is 10.7. The van der Waals surface area contributed by atoms with Gasteiger partial charge in [-0.1, -0.05) is 6.07 Å². The fourth-order valence-corrected chi connectivity index (χ4v) is 4.05. The van der Waals surface area contributed by atoms with Gasteiger partial charge in [-0.3, -0.25) is 10.1 Å². The first-order chi connectivity index (χ1) is 9.43. The average molecular weight is 299 g/mol. The van der Waals surface area contributed by atoms with Gasteiger partial charge in [-0.15, -0.1) is 0 Å². The lowest BCUT2D eigenvalue weighted by atomic mass is 10.1. The highest BCUT2D eigenvalue weighted by atomic mass is 32.2. The van der Waals surface area contributed by atoms with Gasteiger partial charge in [0.1, 0.15) is 11.4 Å². The van der Waals surface area contributed by atoms with Crippen LogP contribution in [0.5, 0.6) is 0 Å². The van der Waals surface area contributed by atoms with E-state index >= 15 is 0 Å². The van der Waals surface area contributed by atoms with Gasteiger partial charge >= 0.3 is 5.69 Å². The molecule has 7 nitrogen and oxygen atoms in total. The van der Waals surface area contributed by atoms with E-state index in [0.29, 0.717) is 24.2 Å². The van der Waals surface area contributed by atoms with Crippen molar-refractivity contribution in [1.29, 1.82) is 0 Å². The first-order valence-electron chi connectivity index (χ1n) is 6.35. The van der Waals surface area contributed by atoms with Crippen molar-refractivity contribution in [2.45, 2.75) is 18.9 Å². The molecule has 2 rings (SSSR count). The number of nitrogens with one attached hydrogen (secondary N) is 2. The number of nitro groups is 1. The third-order valence-electron chi connectivity index (χ3n) is 3.31. The topological polar surface area (TPSA) is 101 Å². The van der Waals surface area contributed by atoms with Crippen LogP contribution in [0.1, 0.15) is 12.8 Å². The summed E-state index contributed by atoms with van der Waals surface area (Å²) in [6.07, 6.45) is 1.28. The second-order valence-corrected chi connectivity index (χ2v) is 7.04. The van der Waals surface area contributed by atoms with Crippen molar-refractivity contribution in [3.05, 3.63) is 28.3 Å². The number of nitro benzene ring substituents is 1. The van der Waals surface area contributed by atoms with Crippen LogP contribution in [0.2, 0.25) is 0 Å². The van der Waals surface area contributed by atoms with Crippen LogP contribution in [0.4, 0.5) is 17.1 Å². The zero-order valence-corrected chi connectivity index (χ0v) is 11.9. The molecular weight excluding hydrogens is 282 g/mol. The molecule has 1 aromatic rings. The van der Waals surface area contributed by atoms with Crippen molar-refractivity contribution in [2.24, 2.45) is 0 Å². The lowest BCUT2D eigenvalue weighted by Crippen LogP contribution is -2.35. The summed E-state index contributed by atoms with van der Waals surface area (Å²) in [5, 5.41) is 16.9. The minimum Gasteiger partial charge on any atom is -0.382 e. The molecule has 0 spiro atoms. The Morgan fingerprint density at radius 2 is 2.05 bits per heavy atom. The Labute approximate surface area is 117 Å². The van der Waals surface area contributed by atoms with Crippen LogP contribution in [0.15, 0.2) is 18.2 Å². The Morgan fingerprint density at radius 3 is 2.65 bits per heavy atom. The van der Waals surface area contributed by atoms with Crippen LogP contribution < -0.4 is 10.6 Å². The normalized spacial score (nSPS) is 21.1. The van der Waals surface area contributed by atoms with Gasteiger partial charge in [0.2, 0.25) is 0 Å². The van der Waals surface area contributed by atoms with Gasteiger partial charge in [-0.05, 0) is 25.0 Å². The highest BCUT2D eigenvalue weighted by Gasteiger charge is 2.27. The van der Waals surface area contributed by atoms with Gasteiger partial charge in [0, 0.05) is 13.1 Å². The standard InChI is InChI=1S/C12H17N3O4S/c1-13-10-5-2-6-11(12(10)15(16)17)14-9-4-3-7-20(18,19)8-9/h2,5-6,9,13-14H,3-4,7-8H2,1H3. The summed E-state index contributed by atoms with van der Waals surface area (Å²) >= 11 is 0. The molecule has 1 heterocycles. The second-order valence-electron chi connectivity index (χ2n) is 4.81. The molecule has 1 atom stereocenters. The monoisotopic (exact) mass is 299 g/mol. The highest BCUT2D eigenvalue weighted by Crippen LogP contribution is 2.33. The first-order valence-corrected chi connectivity index (χ1v) is 8.17. The highest BCUT2D eigenvalue weighted by molar-refractivity contribution is 7.91. The summed E-state index contributed by atoms with van der Waals surface area (Å²) in [7, 11) is -1.44. The number of sulfone groups is 1. The van der Waals surface area contributed by atoms with E-state index < -0.39 is 14.8 Å². The van der Waals surface area contributed by atoms with Crippen LogP contribution in [-0.2, 0) is 9.84 Å². The maximum atomic E-state index is 11.6. The minimum absolute atomic E-state index is 0.0218. The maximum absolute atomic E-state index is 11.6. The van der Waals surface area contributed by atoms with Gasteiger partial charge < -0.3 is 10.6 Å². The summed E-state index contributed by atoms with van der Waals surface area (Å²) in [6.45, 7) is 0. The molecular formula is C12H17N3O4S. The third-order valence-corrected chi connectivity index (χ3v) is 5.13. The van der Waals surface area contributed by atoms with Crippen LogP contribution in [0.3, 0.4) is 0 Å². The van der Waals surface area contributed by atoms with Crippen molar-refractivity contribution in [3.63, 3.8) is 0 Å². The second kappa shape index (κ2) is 5.66. The Bertz CT molecular complexity index is 615. The van der Waals surface area contributed by atoms with E-state index in [0.717, 1.165) is 0 Å². The molecule has 0 bridgehead atoms. The average Bonchev–Trinajstić information content (AvgIpc) is 2.36. The fraction of sp³-hybridized carbons (Fsp3) is 0.500. The lowest BCUT2D eigenvalue weighted by Gasteiger charge is -2.24. The predicted molar refractivity (Wildman–Crippen MR) is 77.9 cm³/mol. The van der Waals surface area contributed by atoms with Gasteiger partial charge in [0.15, 0.2) is 9.84 Å². The number of hydrogen-bond donors (Lipinski definition) is 2. The Balaban J connectivity index is 2.27. The number of anilines is 2. The van der Waals surface area contributed by atoms with E-state index in [1.165, 1.54) is 0 Å². The fourth-order valence-electron chi connectivity index (χ4n) is 2.42.